The van der Waals surface area contributed by atoms with Crippen LogP contribution in [0.1, 0.15) is 36.0 Å². The molecule has 0 saturated heterocycles. The number of pyridine rings is 1. The number of amides is 1. The number of allylic oxidation sites excluding steroid dienone is 1. The van der Waals surface area contributed by atoms with Crippen molar-refractivity contribution in [2.24, 2.45) is 0 Å². The first kappa shape index (κ1) is 30.0. The first-order chi connectivity index (χ1) is 18.0. The molecule has 14 heteroatoms. The van der Waals surface area contributed by atoms with Gasteiger partial charge in [0.25, 0.3) is 5.91 Å². The van der Waals surface area contributed by atoms with Gasteiger partial charge in [-0.3, -0.25) is 9.52 Å². The Morgan fingerprint density at radius 2 is 1.79 bits per heavy atom. The van der Waals surface area contributed by atoms with Crippen molar-refractivity contribution in [1.29, 1.82) is 0 Å². The Morgan fingerprint density at radius 3 is 2.45 bits per heavy atom. The van der Waals surface area contributed by atoms with E-state index >= 15 is 0 Å². The van der Waals surface area contributed by atoms with E-state index in [4.69, 9.17) is 4.42 Å². The van der Waals surface area contributed by atoms with Crippen LogP contribution in [0.25, 0.3) is 22.4 Å². The number of unbranched alkanes of at least 4 members (excludes halogenated alkanes) is 2. The van der Waals surface area contributed by atoms with Gasteiger partial charge in [0.2, 0.25) is 25.8 Å². The molecule has 2 heterocycles. The zero-order valence-electron chi connectivity index (χ0n) is 20.6. The van der Waals surface area contributed by atoms with Crippen molar-refractivity contribution in [1.82, 2.24) is 15.0 Å². The Kier molecular flexibility index (Phi) is 10.3. The van der Waals surface area contributed by atoms with Crippen molar-refractivity contribution >= 4 is 65.5 Å². The number of anilines is 1. The van der Waals surface area contributed by atoms with E-state index in [2.05, 4.69) is 26.3 Å². The number of sulfonamides is 2. The molecule has 0 fully saturated rings. The summed E-state index contributed by atoms with van der Waals surface area (Å²) < 4.78 is 73.7. The van der Waals surface area contributed by atoms with Crippen molar-refractivity contribution < 1.29 is 30.4 Å². The minimum Gasteiger partial charge on any atom is -0.437 e. The smallest absolute Gasteiger partial charge is 0.255 e. The SMILES string of the molecule is C=CCCCS(=O)(=O)NCCCCS(=O)(=O)Nc1nc2oc(-c3ccc(F)cc3)c(C(=O)NC)c2cc1I. The first-order valence-corrected chi connectivity index (χ1v) is 16.0. The predicted octanol–water partition coefficient (Wildman–Crippen LogP) is 4.01. The number of nitrogens with one attached hydrogen (secondary N) is 3. The zero-order valence-corrected chi connectivity index (χ0v) is 24.4. The standard InChI is InChI=1S/C24H28FIN4O6S2/c1-3-4-6-13-37(32,33)28-12-5-7-14-38(34,35)30-22-19(26)15-18-20(23(31)27-2)21(36-24(18)29-22)16-8-10-17(25)11-9-16/h3,8-11,15,28H,1,4-7,12-14H2,2H3,(H,27,31)(H,29,30). The van der Waals surface area contributed by atoms with Gasteiger partial charge in [-0.15, -0.1) is 6.58 Å². The monoisotopic (exact) mass is 678 g/mol. The molecule has 0 radical (unpaired) electrons. The molecule has 206 valence electrons. The highest BCUT2D eigenvalue weighted by Gasteiger charge is 2.24. The largest absolute Gasteiger partial charge is 0.437 e. The molecule has 3 rings (SSSR count). The molecule has 0 saturated carbocycles. The maximum absolute atomic E-state index is 13.4. The van der Waals surface area contributed by atoms with Crippen LogP contribution >= 0.6 is 22.6 Å². The molecule has 0 aliphatic heterocycles. The van der Waals surface area contributed by atoms with Crippen molar-refractivity contribution in [3.8, 4) is 11.3 Å². The topological polar surface area (TPSA) is 147 Å². The number of fused-ring (bicyclic) bond motifs is 1. The Labute approximate surface area is 234 Å². The van der Waals surface area contributed by atoms with E-state index in [9.17, 15) is 26.0 Å². The summed E-state index contributed by atoms with van der Waals surface area (Å²) >= 11 is 1.91. The Hall–Kier alpha value is -2.56. The molecule has 0 unspecified atom stereocenters. The fourth-order valence-electron chi connectivity index (χ4n) is 3.56. The van der Waals surface area contributed by atoms with Gasteiger partial charge in [0.05, 0.1) is 26.0 Å². The highest BCUT2D eigenvalue weighted by Crippen LogP contribution is 2.35. The van der Waals surface area contributed by atoms with Gasteiger partial charge in [-0.05, 0) is 78.6 Å². The number of benzene rings is 1. The van der Waals surface area contributed by atoms with E-state index in [1.165, 1.54) is 31.3 Å². The van der Waals surface area contributed by atoms with Crippen LogP contribution in [0.4, 0.5) is 10.2 Å². The molecule has 1 amide bonds. The summed E-state index contributed by atoms with van der Waals surface area (Å²) in [5, 5.41) is 2.92. The Bertz CT molecular complexity index is 1520. The van der Waals surface area contributed by atoms with Gasteiger partial charge in [-0.1, -0.05) is 6.08 Å². The summed E-state index contributed by atoms with van der Waals surface area (Å²) in [6.07, 6.45) is 3.28. The second kappa shape index (κ2) is 13.0. The molecule has 38 heavy (non-hydrogen) atoms. The van der Waals surface area contributed by atoms with Crippen molar-refractivity contribution in [2.75, 3.05) is 29.8 Å². The maximum Gasteiger partial charge on any atom is 0.255 e. The molecule has 0 aliphatic carbocycles. The van der Waals surface area contributed by atoms with Gasteiger partial charge in [-0.2, -0.15) is 4.98 Å². The van der Waals surface area contributed by atoms with Crippen LogP contribution in [0.3, 0.4) is 0 Å². The number of rotatable bonds is 14. The van der Waals surface area contributed by atoms with Crippen LogP contribution < -0.4 is 14.8 Å². The number of hydrogen-bond donors (Lipinski definition) is 3. The predicted molar refractivity (Wildman–Crippen MR) is 153 cm³/mol. The number of carbonyl (C=O) groups is 1. The molecular weight excluding hydrogens is 650 g/mol. The highest BCUT2D eigenvalue weighted by molar-refractivity contribution is 14.1. The number of furan rings is 1. The summed E-state index contributed by atoms with van der Waals surface area (Å²) in [5.41, 5.74) is 0.684. The van der Waals surface area contributed by atoms with Crippen LogP contribution in [0.15, 0.2) is 47.4 Å². The Morgan fingerprint density at radius 1 is 1.11 bits per heavy atom. The zero-order chi connectivity index (χ0) is 27.9. The fraction of sp³-hybridized carbons (Fsp3) is 0.333. The normalized spacial score (nSPS) is 12.0. The number of hydrogen-bond acceptors (Lipinski definition) is 7. The summed E-state index contributed by atoms with van der Waals surface area (Å²) in [7, 11) is -5.75. The first-order valence-electron chi connectivity index (χ1n) is 11.7. The average Bonchev–Trinajstić information content (AvgIpc) is 3.21. The van der Waals surface area contributed by atoms with Gasteiger partial charge < -0.3 is 9.73 Å². The lowest BCUT2D eigenvalue weighted by molar-refractivity contribution is 0.0964. The lowest BCUT2D eigenvalue weighted by Crippen LogP contribution is -2.28. The van der Waals surface area contributed by atoms with Gasteiger partial charge in [0, 0.05) is 19.2 Å². The number of halogens is 2. The van der Waals surface area contributed by atoms with E-state index in [0.717, 1.165) is 0 Å². The summed E-state index contributed by atoms with van der Waals surface area (Å²) in [6.45, 7) is 3.69. The molecule has 0 aliphatic rings. The number of aromatic nitrogens is 1. The maximum atomic E-state index is 13.4. The minimum atomic E-state index is -3.81. The van der Waals surface area contributed by atoms with Crippen LogP contribution in [0.5, 0.6) is 0 Å². The van der Waals surface area contributed by atoms with E-state index in [0.29, 0.717) is 33.8 Å². The van der Waals surface area contributed by atoms with Crippen LogP contribution in [0.2, 0.25) is 0 Å². The fourth-order valence-corrected chi connectivity index (χ4v) is 6.59. The summed E-state index contributed by atoms with van der Waals surface area (Å²) in [5.74, 6) is -0.938. The van der Waals surface area contributed by atoms with Crippen LogP contribution in [-0.2, 0) is 20.0 Å². The van der Waals surface area contributed by atoms with E-state index in [-0.39, 0.29) is 47.3 Å². The molecule has 0 atom stereocenters. The average molecular weight is 679 g/mol. The molecule has 0 bridgehead atoms. The molecular formula is C24H28FIN4O6S2. The molecule has 3 aromatic rings. The van der Waals surface area contributed by atoms with E-state index in [1.807, 2.05) is 22.6 Å². The minimum absolute atomic E-state index is 0.0112. The third-order valence-corrected chi connectivity index (χ3v) is 9.05. The van der Waals surface area contributed by atoms with Gasteiger partial charge >= 0.3 is 0 Å². The third-order valence-electron chi connectivity index (χ3n) is 5.43. The van der Waals surface area contributed by atoms with Crippen LogP contribution in [-0.4, -0.2) is 52.8 Å². The van der Waals surface area contributed by atoms with Crippen molar-refractivity contribution in [3.63, 3.8) is 0 Å². The molecule has 1 aromatic carbocycles. The lowest BCUT2D eigenvalue weighted by atomic mass is 10.1. The highest BCUT2D eigenvalue weighted by atomic mass is 127. The summed E-state index contributed by atoms with van der Waals surface area (Å²) in [4.78, 5) is 16.9. The van der Waals surface area contributed by atoms with E-state index < -0.39 is 31.8 Å². The summed E-state index contributed by atoms with van der Waals surface area (Å²) in [6, 6.07) is 7.00. The second-order valence-corrected chi connectivity index (χ2v) is 13.3. The molecule has 3 N–H and O–H groups in total. The van der Waals surface area contributed by atoms with Gasteiger partial charge in [0.15, 0.2) is 5.82 Å². The molecule has 10 nitrogen and oxygen atoms in total. The number of nitrogens with zero attached hydrogens (tertiary/aromatic N) is 1. The molecule has 2 aromatic heterocycles. The van der Waals surface area contributed by atoms with Crippen molar-refractivity contribution in [3.05, 3.63) is 57.9 Å². The van der Waals surface area contributed by atoms with Gasteiger partial charge in [0.1, 0.15) is 11.6 Å². The second-order valence-electron chi connectivity index (χ2n) is 8.34. The molecule has 0 spiro atoms. The quantitative estimate of drug-likeness (QED) is 0.133. The lowest BCUT2D eigenvalue weighted by Gasteiger charge is -2.09. The van der Waals surface area contributed by atoms with Crippen molar-refractivity contribution in [2.45, 2.75) is 25.7 Å². The van der Waals surface area contributed by atoms with Crippen LogP contribution in [0, 0.1) is 9.39 Å². The van der Waals surface area contributed by atoms with E-state index in [1.54, 1.807) is 12.1 Å². The third kappa shape index (κ3) is 7.97. The van der Waals surface area contributed by atoms with Gasteiger partial charge in [-0.25, -0.2) is 25.9 Å². The Balaban J connectivity index is 1.73. The number of carbonyl (C=O) groups excluding carboxylic acids is 1.